The number of aliphatic hydroxyl groups excluding tert-OH is 4. The molecule has 0 aromatic carbocycles. The number of fused-ring (bicyclic) bond motifs is 16. The van der Waals surface area contributed by atoms with Crippen molar-refractivity contribution in [1.29, 1.82) is 0 Å². The summed E-state index contributed by atoms with van der Waals surface area (Å²) in [6.45, 7) is 16.2. The highest BCUT2D eigenvalue weighted by Crippen LogP contribution is 2.73. The third-order valence-electron chi connectivity index (χ3n) is 23.5. The van der Waals surface area contributed by atoms with Crippen LogP contribution < -0.4 is 0 Å². The van der Waals surface area contributed by atoms with Crippen LogP contribution in [0.3, 0.4) is 0 Å². The Hall–Kier alpha value is -1.88. The summed E-state index contributed by atoms with van der Waals surface area (Å²) in [6, 6.07) is 0. The summed E-state index contributed by atoms with van der Waals surface area (Å²) in [5, 5.41) is 83.2. The van der Waals surface area contributed by atoms with Crippen LogP contribution in [0.15, 0.2) is 23.3 Å². The van der Waals surface area contributed by atoms with Gasteiger partial charge in [-0.25, -0.2) is 0 Å². The zero-order valence-electron chi connectivity index (χ0n) is 40.9. The second-order valence-corrected chi connectivity index (χ2v) is 26.3. The zero-order valence-corrected chi connectivity index (χ0v) is 40.9. The predicted octanol–water partition coefficient (Wildman–Crippen LogP) is 4.41. The standard InChI is InChI=1S/C54H76N2O11/c1-26-51(14-13-45(3,61)25-64-51)65-43-19-34-30-11-9-28-15-36-38(21-47(28,5)32(30)17-40(58)49(34,7)52(26,43)62)56-39-22-48(6)29(16-37(39)55-36)10-12-31-33(48)18-41(59)50(8)35(31)20-44-53(50,63)27(2)54(66-44)42(60)23-46(4,24-57)67-54/h19-20,26-33,40-44,57-63H,9-18,21-25H2,1-8H3/t26-,27+,28+,29+,30-,31-,32+,33+,40-,41-,42-,43+,44+,45+,46+,47+,48+,49-,50-,51-,52-,53-,54+/m1/s1. The van der Waals surface area contributed by atoms with Crippen LogP contribution in [0.2, 0.25) is 0 Å². The molecule has 368 valence electrons. The maximum Gasteiger partial charge on any atom is 0.201 e. The van der Waals surface area contributed by atoms with Crippen LogP contribution >= 0.6 is 0 Å². The normalized spacial score (nSPS) is 59.8. The van der Waals surface area contributed by atoms with Crippen LogP contribution in [0, 0.1) is 69.0 Å². The Bertz CT molecular complexity index is 2380. The highest BCUT2D eigenvalue weighted by atomic mass is 16.7. The maximum atomic E-state index is 13.0. The van der Waals surface area contributed by atoms with Gasteiger partial charge in [-0.05, 0) is 131 Å². The van der Waals surface area contributed by atoms with E-state index in [0.29, 0.717) is 37.5 Å². The fourth-order valence-electron chi connectivity index (χ4n) is 19.3. The largest absolute Gasteiger partial charge is 0.393 e. The fourth-order valence-corrected chi connectivity index (χ4v) is 19.3. The lowest BCUT2D eigenvalue weighted by atomic mass is 9.44. The highest BCUT2D eigenvalue weighted by Gasteiger charge is 2.80. The van der Waals surface area contributed by atoms with Gasteiger partial charge in [-0.15, -0.1) is 0 Å². The predicted molar refractivity (Wildman–Crippen MR) is 243 cm³/mol. The van der Waals surface area contributed by atoms with E-state index in [2.05, 4.69) is 32.9 Å². The molecule has 12 aliphatic rings. The average molecular weight is 929 g/mol. The smallest absolute Gasteiger partial charge is 0.201 e. The van der Waals surface area contributed by atoms with Crippen molar-refractivity contribution in [2.24, 2.45) is 69.0 Å². The van der Waals surface area contributed by atoms with Gasteiger partial charge in [0.1, 0.15) is 29.5 Å². The maximum absolute atomic E-state index is 13.0. The number of ether oxygens (including phenoxy) is 4. The number of hydrogen-bond acceptors (Lipinski definition) is 13. The number of nitrogens with zero attached hydrogens (tertiary/aromatic N) is 2. The molecule has 4 aliphatic heterocycles. The molecule has 7 N–H and O–H groups in total. The van der Waals surface area contributed by atoms with Crippen molar-refractivity contribution in [3.8, 4) is 0 Å². The lowest BCUT2D eigenvalue weighted by molar-refractivity contribution is -0.289. The first-order valence-electron chi connectivity index (χ1n) is 26.2. The summed E-state index contributed by atoms with van der Waals surface area (Å²) in [7, 11) is 0. The fraction of sp³-hybridized carbons (Fsp3) is 0.852. The van der Waals surface area contributed by atoms with Gasteiger partial charge >= 0.3 is 0 Å². The van der Waals surface area contributed by atoms with Gasteiger partial charge in [0.2, 0.25) is 5.79 Å². The number of aliphatic hydroxyl groups is 7. The Morgan fingerprint density at radius 3 is 1.64 bits per heavy atom. The third kappa shape index (κ3) is 5.11. The molecule has 2 spiro atoms. The zero-order chi connectivity index (χ0) is 47.2. The lowest BCUT2D eigenvalue weighted by Gasteiger charge is -2.62. The highest BCUT2D eigenvalue weighted by molar-refractivity contribution is 5.45. The second kappa shape index (κ2) is 13.4. The van der Waals surface area contributed by atoms with Gasteiger partial charge in [-0.1, -0.05) is 64.8 Å². The molecule has 0 amide bonds. The third-order valence-corrected chi connectivity index (χ3v) is 23.5. The first-order chi connectivity index (χ1) is 31.4. The molecule has 13 heteroatoms. The molecule has 8 fully saturated rings. The van der Waals surface area contributed by atoms with Crippen LogP contribution in [-0.2, 0) is 44.6 Å². The van der Waals surface area contributed by atoms with Crippen LogP contribution in [0.1, 0.15) is 136 Å². The molecule has 4 saturated carbocycles. The molecule has 0 unspecified atom stereocenters. The van der Waals surface area contributed by atoms with Crippen molar-refractivity contribution in [2.75, 3.05) is 13.2 Å². The van der Waals surface area contributed by atoms with Crippen molar-refractivity contribution >= 4 is 0 Å². The molecule has 23 atom stereocenters. The van der Waals surface area contributed by atoms with E-state index in [-0.39, 0.29) is 54.1 Å². The molecule has 0 bridgehead atoms. The van der Waals surface area contributed by atoms with E-state index >= 15 is 0 Å². The molecule has 13 rings (SSSR count). The van der Waals surface area contributed by atoms with Crippen molar-refractivity contribution in [3.63, 3.8) is 0 Å². The molecule has 1 aromatic heterocycles. The van der Waals surface area contributed by atoms with E-state index in [1.54, 1.807) is 13.8 Å². The van der Waals surface area contributed by atoms with E-state index < -0.39 is 87.2 Å². The van der Waals surface area contributed by atoms with E-state index in [1.807, 2.05) is 20.8 Å². The summed E-state index contributed by atoms with van der Waals surface area (Å²) in [4.78, 5) is 11.2. The van der Waals surface area contributed by atoms with Gasteiger partial charge < -0.3 is 54.7 Å². The molecule has 5 heterocycles. The van der Waals surface area contributed by atoms with E-state index in [4.69, 9.17) is 28.9 Å². The van der Waals surface area contributed by atoms with E-state index in [9.17, 15) is 35.7 Å². The first kappa shape index (κ1) is 45.0. The van der Waals surface area contributed by atoms with Gasteiger partial charge in [-0.2, -0.15) is 0 Å². The molecular weight excluding hydrogens is 853 g/mol. The van der Waals surface area contributed by atoms with Crippen LogP contribution in [0.4, 0.5) is 0 Å². The van der Waals surface area contributed by atoms with Gasteiger partial charge in [0, 0.05) is 35.5 Å². The summed E-state index contributed by atoms with van der Waals surface area (Å²) >= 11 is 0. The quantitative estimate of drug-likeness (QED) is 0.196. The van der Waals surface area contributed by atoms with Gasteiger partial charge in [0.15, 0.2) is 5.79 Å². The second-order valence-electron chi connectivity index (χ2n) is 26.3. The summed E-state index contributed by atoms with van der Waals surface area (Å²) in [5.74, 6) is -2.02. The number of rotatable bonds is 1. The van der Waals surface area contributed by atoms with E-state index in [0.717, 1.165) is 85.3 Å². The number of hydrogen-bond donors (Lipinski definition) is 7. The van der Waals surface area contributed by atoms with Crippen LogP contribution in [0.5, 0.6) is 0 Å². The molecule has 4 saturated heterocycles. The topological polar surface area (TPSA) is 204 Å². The van der Waals surface area contributed by atoms with Crippen molar-refractivity contribution in [2.45, 2.75) is 203 Å². The van der Waals surface area contributed by atoms with Crippen LogP contribution in [-0.4, -0.2) is 123 Å². The lowest BCUT2D eigenvalue weighted by Crippen LogP contribution is -2.65. The number of aromatic nitrogens is 2. The monoisotopic (exact) mass is 929 g/mol. The summed E-state index contributed by atoms with van der Waals surface area (Å²) in [5.41, 5.74) is -0.258. The minimum Gasteiger partial charge on any atom is -0.393 e. The molecule has 1 aromatic rings. The Labute approximate surface area is 395 Å². The van der Waals surface area contributed by atoms with Gasteiger partial charge in [-0.3, -0.25) is 9.97 Å². The minimum absolute atomic E-state index is 0.121. The molecule has 8 aliphatic carbocycles. The molecular formula is C54H76N2O11. The van der Waals surface area contributed by atoms with Crippen molar-refractivity contribution in [3.05, 3.63) is 46.1 Å². The van der Waals surface area contributed by atoms with Crippen LogP contribution in [0.25, 0.3) is 0 Å². The SMILES string of the molecule is C[C@@H]1[C@@]2(CC[C@](C)(O)CO2)O[C@H]2C=C3[C@@H]4CC[C@H]5Cc6nc7c(nc6C[C@]5(C)[C@H]4C[C@@H](O)[C@]3(C)[C@]21O)C[C@@]1(C)[C@@H](CC[C@H]2C3=C[C@@H]4O[C@]5(O[C@](C)(CO)C[C@H]5O)[C@@H](C)[C@]4(O)[C@@]3(C)[C@H](O)C[C@@H]21)C7. The summed E-state index contributed by atoms with van der Waals surface area (Å²) < 4.78 is 26.1. The summed E-state index contributed by atoms with van der Waals surface area (Å²) in [6.07, 6.45) is 9.95. The van der Waals surface area contributed by atoms with Crippen molar-refractivity contribution in [1.82, 2.24) is 9.97 Å². The Morgan fingerprint density at radius 1 is 0.642 bits per heavy atom. The minimum atomic E-state index is -1.51. The Morgan fingerprint density at radius 2 is 1.15 bits per heavy atom. The molecule has 0 radical (unpaired) electrons. The molecule has 67 heavy (non-hydrogen) atoms. The van der Waals surface area contributed by atoms with Crippen molar-refractivity contribution < 1.29 is 54.7 Å². The van der Waals surface area contributed by atoms with Gasteiger partial charge in [0.25, 0.3) is 0 Å². The average Bonchev–Trinajstić information content (AvgIpc) is 3.92. The Kier molecular flexibility index (Phi) is 9.00. The van der Waals surface area contributed by atoms with Gasteiger partial charge in [0.05, 0.1) is 59.4 Å². The first-order valence-corrected chi connectivity index (χ1v) is 26.2. The molecule has 13 nitrogen and oxygen atoms in total. The van der Waals surface area contributed by atoms with E-state index in [1.165, 1.54) is 0 Å². The Balaban J connectivity index is 0.780.